The highest BCUT2D eigenvalue weighted by Gasteiger charge is 2.14. The van der Waals surface area contributed by atoms with Crippen LogP contribution in [-0.2, 0) is 17.6 Å². The quantitative estimate of drug-likeness (QED) is 0.324. The monoisotopic (exact) mass is 443 g/mol. The Bertz CT molecular complexity index is 1270. The average molecular weight is 444 g/mol. The van der Waals surface area contributed by atoms with Gasteiger partial charge in [0.2, 0.25) is 5.91 Å². The van der Waals surface area contributed by atoms with Crippen LogP contribution in [0.4, 0.5) is 0 Å². The van der Waals surface area contributed by atoms with Crippen molar-refractivity contribution >= 4 is 28.6 Å². The number of rotatable bonds is 8. The Hall–Kier alpha value is -3.38. The Balaban J connectivity index is 1.54. The molecule has 0 spiro atoms. The highest BCUT2D eigenvalue weighted by molar-refractivity contribution is 7.99. The number of fused-ring (bicyclic) bond motifs is 1. The number of carbonyl (C=O) groups excluding carboxylic acids is 1. The molecule has 0 unspecified atom stereocenters. The molecule has 1 amide bonds. The molecule has 0 saturated heterocycles. The zero-order valence-electron chi connectivity index (χ0n) is 18.0. The Morgan fingerprint density at radius 3 is 2.41 bits per heavy atom. The van der Waals surface area contributed by atoms with Gasteiger partial charge in [-0.1, -0.05) is 73.3 Å². The largest absolute Gasteiger partial charge is 0.355 e. The molecule has 0 atom stereocenters. The fourth-order valence-corrected chi connectivity index (χ4v) is 4.33. The summed E-state index contributed by atoms with van der Waals surface area (Å²) in [7, 11) is 0. The van der Waals surface area contributed by atoms with Crippen molar-refractivity contribution in [1.82, 2.24) is 14.9 Å². The molecule has 0 radical (unpaired) electrons. The lowest BCUT2D eigenvalue weighted by atomic mass is 10.1. The first kappa shape index (κ1) is 21.8. The van der Waals surface area contributed by atoms with Crippen LogP contribution < -0.4 is 10.9 Å². The van der Waals surface area contributed by atoms with Crippen LogP contribution in [0.25, 0.3) is 16.6 Å². The number of hydrogen-bond acceptors (Lipinski definition) is 4. The maximum Gasteiger partial charge on any atom is 0.266 e. The van der Waals surface area contributed by atoms with Crippen LogP contribution in [-0.4, -0.2) is 27.8 Å². The standard InChI is InChI=1S/C26H25N3O2S/c1-2-19-12-14-21(15-13-19)29-25(31)22-10-6-7-11-23(22)28-26(29)32-18-24(30)27-17-16-20-8-4-3-5-9-20/h3-15H,2,16-18H2,1H3,(H,27,30). The molecule has 0 aliphatic rings. The number of hydrogen-bond donors (Lipinski definition) is 1. The summed E-state index contributed by atoms with van der Waals surface area (Å²) in [5.41, 5.74) is 3.62. The molecule has 6 heteroatoms. The molecule has 5 nitrogen and oxygen atoms in total. The van der Waals surface area contributed by atoms with Crippen molar-refractivity contribution in [1.29, 1.82) is 0 Å². The van der Waals surface area contributed by atoms with E-state index in [2.05, 4.69) is 12.2 Å². The maximum atomic E-state index is 13.3. The van der Waals surface area contributed by atoms with Crippen molar-refractivity contribution in [2.45, 2.75) is 24.9 Å². The SMILES string of the molecule is CCc1ccc(-n2c(SCC(=O)NCCc3ccccc3)nc3ccccc3c2=O)cc1. The fourth-order valence-electron chi connectivity index (χ4n) is 3.49. The van der Waals surface area contributed by atoms with Crippen molar-refractivity contribution in [3.63, 3.8) is 0 Å². The lowest BCUT2D eigenvalue weighted by Gasteiger charge is -2.13. The van der Waals surface area contributed by atoms with E-state index in [1.165, 1.54) is 22.9 Å². The minimum Gasteiger partial charge on any atom is -0.355 e. The van der Waals surface area contributed by atoms with E-state index in [0.717, 1.165) is 18.5 Å². The summed E-state index contributed by atoms with van der Waals surface area (Å²) < 4.78 is 1.60. The molecule has 162 valence electrons. The normalized spacial score (nSPS) is 10.9. The third kappa shape index (κ3) is 5.08. The summed E-state index contributed by atoms with van der Waals surface area (Å²) in [6.07, 6.45) is 1.70. The van der Waals surface area contributed by atoms with E-state index in [0.29, 0.717) is 22.6 Å². The number of benzene rings is 3. The van der Waals surface area contributed by atoms with E-state index in [1.807, 2.05) is 72.8 Å². The minimum atomic E-state index is -0.133. The van der Waals surface area contributed by atoms with Crippen molar-refractivity contribution < 1.29 is 4.79 Å². The second-order valence-corrected chi connectivity index (χ2v) is 8.39. The minimum absolute atomic E-state index is 0.0822. The lowest BCUT2D eigenvalue weighted by molar-refractivity contribution is -0.118. The topological polar surface area (TPSA) is 64.0 Å². The molecule has 0 saturated carbocycles. The second-order valence-electron chi connectivity index (χ2n) is 7.45. The molecule has 0 fully saturated rings. The van der Waals surface area contributed by atoms with Crippen molar-refractivity contribution in [3.05, 3.63) is 100 Å². The summed E-state index contributed by atoms with van der Waals surface area (Å²) in [6, 6.07) is 25.2. The first-order valence-corrected chi connectivity index (χ1v) is 11.7. The number of thioether (sulfide) groups is 1. The second kappa shape index (κ2) is 10.3. The molecule has 4 rings (SSSR count). The van der Waals surface area contributed by atoms with Crippen molar-refractivity contribution in [2.24, 2.45) is 0 Å². The number of nitrogens with zero attached hydrogens (tertiary/aromatic N) is 2. The number of aromatic nitrogens is 2. The van der Waals surface area contributed by atoms with Gasteiger partial charge >= 0.3 is 0 Å². The van der Waals surface area contributed by atoms with Gasteiger partial charge < -0.3 is 5.32 Å². The Morgan fingerprint density at radius 2 is 1.66 bits per heavy atom. The molecule has 1 heterocycles. The third-order valence-electron chi connectivity index (χ3n) is 5.26. The van der Waals surface area contributed by atoms with Crippen LogP contribution in [0.3, 0.4) is 0 Å². The molecule has 1 aromatic heterocycles. The Labute approximate surface area is 191 Å². The van der Waals surface area contributed by atoms with Crippen LogP contribution in [0.2, 0.25) is 0 Å². The summed E-state index contributed by atoms with van der Waals surface area (Å²) in [4.78, 5) is 30.4. The highest BCUT2D eigenvalue weighted by atomic mass is 32.2. The zero-order valence-corrected chi connectivity index (χ0v) is 18.8. The van der Waals surface area contributed by atoms with Gasteiger partial charge in [-0.2, -0.15) is 0 Å². The van der Waals surface area contributed by atoms with Gasteiger partial charge in [0.15, 0.2) is 5.16 Å². The van der Waals surface area contributed by atoms with Gasteiger partial charge in [0.1, 0.15) is 0 Å². The van der Waals surface area contributed by atoms with Gasteiger partial charge in [0.05, 0.1) is 22.3 Å². The summed E-state index contributed by atoms with van der Waals surface area (Å²) in [5, 5.41) is 4.02. The number of para-hydroxylation sites is 1. The molecule has 0 bridgehead atoms. The van der Waals surface area contributed by atoms with Gasteiger partial charge in [-0.25, -0.2) is 4.98 Å². The highest BCUT2D eigenvalue weighted by Crippen LogP contribution is 2.21. The summed E-state index contributed by atoms with van der Waals surface area (Å²) in [5.74, 6) is 0.105. The smallest absolute Gasteiger partial charge is 0.266 e. The summed E-state index contributed by atoms with van der Waals surface area (Å²) in [6.45, 7) is 2.66. The molecule has 3 aromatic carbocycles. The van der Waals surface area contributed by atoms with Crippen molar-refractivity contribution in [2.75, 3.05) is 12.3 Å². The van der Waals surface area contributed by atoms with E-state index in [1.54, 1.807) is 10.6 Å². The van der Waals surface area contributed by atoms with Crippen LogP contribution in [0, 0.1) is 0 Å². The molecular formula is C26H25N3O2S. The number of amides is 1. The van der Waals surface area contributed by atoms with E-state index in [-0.39, 0.29) is 17.2 Å². The van der Waals surface area contributed by atoms with Gasteiger partial charge in [-0.3, -0.25) is 14.2 Å². The lowest BCUT2D eigenvalue weighted by Crippen LogP contribution is -2.28. The molecular weight excluding hydrogens is 418 g/mol. The third-order valence-corrected chi connectivity index (χ3v) is 6.20. The Kier molecular flexibility index (Phi) is 7.02. The van der Waals surface area contributed by atoms with Crippen molar-refractivity contribution in [3.8, 4) is 5.69 Å². The first-order chi connectivity index (χ1) is 15.7. The zero-order chi connectivity index (χ0) is 22.3. The molecule has 1 N–H and O–H groups in total. The van der Waals surface area contributed by atoms with Crippen LogP contribution in [0.5, 0.6) is 0 Å². The van der Waals surface area contributed by atoms with E-state index < -0.39 is 0 Å². The number of aryl methyl sites for hydroxylation is 1. The van der Waals surface area contributed by atoms with Crippen LogP contribution in [0.1, 0.15) is 18.1 Å². The predicted molar refractivity (Wildman–Crippen MR) is 131 cm³/mol. The summed E-state index contributed by atoms with van der Waals surface area (Å²) >= 11 is 1.28. The van der Waals surface area contributed by atoms with E-state index in [9.17, 15) is 9.59 Å². The fraction of sp³-hybridized carbons (Fsp3) is 0.192. The van der Waals surface area contributed by atoms with Crippen LogP contribution >= 0.6 is 11.8 Å². The predicted octanol–water partition coefficient (Wildman–Crippen LogP) is 4.40. The van der Waals surface area contributed by atoms with Gasteiger partial charge in [-0.05, 0) is 48.2 Å². The Morgan fingerprint density at radius 1 is 0.938 bits per heavy atom. The average Bonchev–Trinajstić information content (AvgIpc) is 2.84. The van der Waals surface area contributed by atoms with Gasteiger partial charge in [-0.15, -0.1) is 0 Å². The first-order valence-electron chi connectivity index (χ1n) is 10.7. The molecule has 4 aromatic rings. The van der Waals surface area contributed by atoms with Gasteiger partial charge in [0, 0.05) is 6.54 Å². The number of nitrogens with one attached hydrogen (secondary N) is 1. The number of carbonyl (C=O) groups is 1. The maximum absolute atomic E-state index is 13.3. The van der Waals surface area contributed by atoms with E-state index >= 15 is 0 Å². The molecule has 32 heavy (non-hydrogen) atoms. The van der Waals surface area contributed by atoms with Gasteiger partial charge in [0.25, 0.3) is 5.56 Å². The molecule has 0 aliphatic carbocycles. The molecule has 0 aliphatic heterocycles. The van der Waals surface area contributed by atoms with Crippen LogP contribution in [0.15, 0.2) is 88.8 Å². The van der Waals surface area contributed by atoms with E-state index in [4.69, 9.17) is 4.98 Å².